The summed E-state index contributed by atoms with van der Waals surface area (Å²) in [5.74, 6) is 1.47. The zero-order valence-electron chi connectivity index (χ0n) is 13.6. The Kier molecular flexibility index (Phi) is 15.2. The van der Waals surface area contributed by atoms with E-state index in [0.717, 1.165) is 25.0 Å². The molecule has 0 fully saturated rings. The Morgan fingerprint density at radius 2 is 1.16 bits per heavy atom. The van der Waals surface area contributed by atoms with Gasteiger partial charge in [-0.05, 0) is 0 Å². The minimum atomic E-state index is -0.253. The summed E-state index contributed by atoms with van der Waals surface area (Å²) in [6, 6.07) is 0. The summed E-state index contributed by atoms with van der Waals surface area (Å²) in [5, 5.41) is 0. The van der Waals surface area contributed by atoms with Gasteiger partial charge in [0.05, 0.1) is 0 Å². The second kappa shape index (κ2) is 14.9. The van der Waals surface area contributed by atoms with Crippen LogP contribution in [0.4, 0.5) is 0 Å². The zero-order valence-corrected chi connectivity index (χ0v) is 14.8. The van der Waals surface area contributed by atoms with Gasteiger partial charge in [-0.25, -0.2) is 0 Å². The molecule has 0 aromatic heterocycles. The average Bonchev–Trinajstić information content (AvgIpc) is 2.45. The average molecular weight is 285 g/mol. The van der Waals surface area contributed by atoms with E-state index < -0.39 is 0 Å². The van der Waals surface area contributed by atoms with Crippen LogP contribution in [-0.4, -0.2) is 29.1 Å². The van der Waals surface area contributed by atoms with Gasteiger partial charge in [-0.15, -0.1) is 0 Å². The molecule has 0 radical (unpaired) electrons. The Morgan fingerprint density at radius 3 is 1.47 bits per heavy atom. The normalized spacial score (nSPS) is 14.1. The van der Waals surface area contributed by atoms with Crippen LogP contribution >= 0.6 is 0 Å². The molecule has 3 heteroatoms. The molecule has 112 valence electrons. The van der Waals surface area contributed by atoms with Gasteiger partial charge in [-0.1, -0.05) is 0 Å². The summed E-state index contributed by atoms with van der Waals surface area (Å²) in [4.78, 5) is 0. The first kappa shape index (κ1) is 19.5. The van der Waals surface area contributed by atoms with Crippen LogP contribution in [0.5, 0.6) is 0 Å². The van der Waals surface area contributed by atoms with E-state index in [-0.39, 0.29) is 15.9 Å². The Bertz CT molecular complexity index is 158. The fraction of sp³-hybridized carbons (Fsp3) is 1.00. The first-order valence-corrected chi connectivity index (χ1v) is 9.27. The van der Waals surface area contributed by atoms with E-state index in [9.17, 15) is 0 Å². The van der Waals surface area contributed by atoms with Gasteiger partial charge in [0.15, 0.2) is 0 Å². The van der Waals surface area contributed by atoms with Crippen LogP contribution in [-0.2, 0) is 7.58 Å². The van der Waals surface area contributed by atoms with Crippen molar-refractivity contribution in [3.05, 3.63) is 0 Å². The summed E-state index contributed by atoms with van der Waals surface area (Å²) < 4.78 is 11.5. The quantitative estimate of drug-likeness (QED) is 0.331. The number of hydrogen-bond acceptors (Lipinski definition) is 2. The molecule has 19 heavy (non-hydrogen) atoms. The molecule has 0 aromatic rings. The first-order chi connectivity index (χ1) is 9.28. The molecule has 0 heterocycles. The predicted octanol–water partition coefficient (Wildman–Crippen LogP) is 4.99. The molecule has 2 atom stereocenters. The van der Waals surface area contributed by atoms with Gasteiger partial charge < -0.3 is 0 Å². The van der Waals surface area contributed by atoms with Crippen LogP contribution in [0.2, 0.25) is 0 Å². The molecule has 2 nitrogen and oxygen atoms in total. The van der Waals surface area contributed by atoms with Gasteiger partial charge >= 0.3 is 128 Å². The van der Waals surface area contributed by atoms with E-state index in [2.05, 4.69) is 27.7 Å². The van der Waals surface area contributed by atoms with E-state index in [1.807, 2.05) is 0 Å². The Labute approximate surface area is 128 Å². The summed E-state index contributed by atoms with van der Waals surface area (Å²) in [6.07, 6.45) is 10.3. The van der Waals surface area contributed by atoms with Crippen molar-refractivity contribution in [2.75, 3.05) is 13.2 Å². The fourth-order valence-electron chi connectivity index (χ4n) is 2.20. The second-order valence-corrected chi connectivity index (χ2v) is 6.46. The van der Waals surface area contributed by atoms with Crippen molar-refractivity contribution >= 4 is 15.9 Å². The fourth-order valence-corrected chi connectivity index (χ4v) is 2.99. The van der Waals surface area contributed by atoms with Crippen molar-refractivity contribution in [1.82, 2.24) is 0 Å². The molecule has 0 aliphatic rings. The van der Waals surface area contributed by atoms with Crippen LogP contribution in [0, 0.1) is 11.8 Å². The Balaban J connectivity index is 3.50. The van der Waals surface area contributed by atoms with Crippen LogP contribution in [0.15, 0.2) is 0 Å². The van der Waals surface area contributed by atoms with E-state index >= 15 is 0 Å². The zero-order chi connectivity index (χ0) is 14.3. The molecule has 0 rings (SSSR count). The molecular weight excluding hydrogens is 251 g/mol. The standard InChI is InChI=1S/2C8H17O.Al/c2*1-3-5-6-8(4-2)7-9;/h2*8H,3-7H2,1-2H3;/q2*-1;+3. The summed E-state index contributed by atoms with van der Waals surface area (Å²) >= 11 is -0.253. The third-order valence-electron chi connectivity index (χ3n) is 3.89. The van der Waals surface area contributed by atoms with Gasteiger partial charge in [-0.3, -0.25) is 0 Å². The van der Waals surface area contributed by atoms with Crippen molar-refractivity contribution in [2.45, 2.75) is 79.1 Å². The molecule has 0 saturated heterocycles. The molecule has 0 saturated carbocycles. The molecule has 0 spiro atoms. The molecule has 0 aromatic carbocycles. The maximum atomic E-state index is 5.74. The molecule has 0 bridgehead atoms. The van der Waals surface area contributed by atoms with Gasteiger partial charge in [0.25, 0.3) is 0 Å². The van der Waals surface area contributed by atoms with Crippen LogP contribution in [0.25, 0.3) is 0 Å². The molecule has 0 aliphatic carbocycles. The minimum absolute atomic E-state index is 0.253. The third kappa shape index (κ3) is 11.9. The van der Waals surface area contributed by atoms with E-state index in [4.69, 9.17) is 7.58 Å². The van der Waals surface area contributed by atoms with Crippen LogP contribution in [0.1, 0.15) is 79.1 Å². The summed E-state index contributed by atoms with van der Waals surface area (Å²) in [7, 11) is 0. The van der Waals surface area contributed by atoms with Gasteiger partial charge in [0.2, 0.25) is 0 Å². The second-order valence-electron chi connectivity index (χ2n) is 5.60. The molecule has 0 N–H and O–H groups in total. The third-order valence-corrected chi connectivity index (χ3v) is 4.54. The molecular formula is C16H34AlO2+. The number of hydrogen-bond donors (Lipinski definition) is 0. The van der Waals surface area contributed by atoms with Gasteiger partial charge in [-0.2, -0.15) is 0 Å². The number of rotatable bonds is 14. The SMILES string of the molecule is CCCCC(CC)C[O][Al+][O]CC(CC)CCCC. The van der Waals surface area contributed by atoms with Crippen LogP contribution in [0.3, 0.4) is 0 Å². The number of unbranched alkanes of at least 4 members (excludes halogenated alkanes) is 2. The van der Waals surface area contributed by atoms with Crippen molar-refractivity contribution in [3.8, 4) is 0 Å². The van der Waals surface area contributed by atoms with Crippen molar-refractivity contribution in [3.63, 3.8) is 0 Å². The van der Waals surface area contributed by atoms with Gasteiger partial charge in [0, 0.05) is 0 Å². The van der Waals surface area contributed by atoms with Gasteiger partial charge in [0.1, 0.15) is 0 Å². The first-order valence-electron chi connectivity index (χ1n) is 8.33. The molecule has 2 unspecified atom stereocenters. The Hall–Kier alpha value is 0.452. The molecule has 0 amide bonds. The topological polar surface area (TPSA) is 18.5 Å². The molecule has 0 aliphatic heterocycles. The maximum absolute atomic E-state index is 5.74. The van der Waals surface area contributed by atoms with E-state index in [1.165, 1.54) is 51.4 Å². The van der Waals surface area contributed by atoms with Crippen LogP contribution < -0.4 is 0 Å². The van der Waals surface area contributed by atoms with Crippen molar-refractivity contribution in [2.24, 2.45) is 11.8 Å². The predicted molar refractivity (Wildman–Crippen MR) is 84.3 cm³/mol. The monoisotopic (exact) mass is 285 g/mol. The Morgan fingerprint density at radius 1 is 0.737 bits per heavy atom. The summed E-state index contributed by atoms with van der Waals surface area (Å²) in [6.45, 7) is 10.8. The summed E-state index contributed by atoms with van der Waals surface area (Å²) in [5.41, 5.74) is 0. The van der Waals surface area contributed by atoms with Crippen molar-refractivity contribution in [1.29, 1.82) is 0 Å². The van der Waals surface area contributed by atoms with E-state index in [1.54, 1.807) is 0 Å². The van der Waals surface area contributed by atoms with E-state index in [0.29, 0.717) is 0 Å². The van der Waals surface area contributed by atoms with Crippen molar-refractivity contribution < 1.29 is 7.58 Å².